The summed E-state index contributed by atoms with van der Waals surface area (Å²) in [6.45, 7) is 0. The van der Waals surface area contributed by atoms with Crippen LogP contribution in [0.3, 0.4) is 0 Å². The van der Waals surface area contributed by atoms with E-state index in [-0.39, 0.29) is 5.97 Å². The summed E-state index contributed by atoms with van der Waals surface area (Å²) < 4.78 is 4.52. The second-order valence-electron chi connectivity index (χ2n) is 3.54. The lowest BCUT2D eigenvalue weighted by Gasteiger charge is -2.05. The van der Waals surface area contributed by atoms with Crippen molar-refractivity contribution in [3.63, 3.8) is 0 Å². The summed E-state index contributed by atoms with van der Waals surface area (Å²) in [7, 11) is 1.35. The molecule has 0 amide bonds. The van der Waals surface area contributed by atoms with Crippen molar-refractivity contribution in [2.75, 3.05) is 7.11 Å². The molecule has 3 nitrogen and oxygen atoms in total. The number of benzene rings is 1. The summed E-state index contributed by atoms with van der Waals surface area (Å²) in [5.41, 5.74) is 1.16. The van der Waals surface area contributed by atoms with Crippen molar-refractivity contribution in [3.05, 3.63) is 33.8 Å². The molecule has 0 radical (unpaired) electrons. The molecule has 1 aromatic rings. The molecule has 0 aromatic heterocycles. The Kier molecular flexibility index (Phi) is 5.45. The minimum absolute atomic E-state index is 0.257. The lowest BCUT2D eigenvalue weighted by Crippen LogP contribution is -2.03. The largest absolute Gasteiger partial charge is 0.469 e. The Morgan fingerprint density at radius 1 is 1.29 bits per heavy atom. The third-order valence-corrected chi connectivity index (χ3v) is 3.04. The van der Waals surface area contributed by atoms with Gasteiger partial charge in [-0.15, -0.1) is 0 Å². The highest BCUT2D eigenvalue weighted by atomic mass is 35.5. The Hall–Kier alpha value is -1.06. The van der Waals surface area contributed by atoms with E-state index in [4.69, 9.17) is 28.6 Å². The lowest BCUT2D eigenvalue weighted by molar-refractivity contribution is -0.140. The Bertz CT molecular complexity index is 433. The highest BCUT2D eigenvalue weighted by molar-refractivity contribution is 6.42. The van der Waals surface area contributed by atoms with Crippen molar-refractivity contribution in [1.29, 1.82) is 5.41 Å². The van der Waals surface area contributed by atoms with Gasteiger partial charge in [-0.2, -0.15) is 0 Å². The zero-order chi connectivity index (χ0) is 12.8. The van der Waals surface area contributed by atoms with E-state index in [1.165, 1.54) is 7.11 Å². The van der Waals surface area contributed by atoms with Gasteiger partial charge in [-0.25, -0.2) is 0 Å². The van der Waals surface area contributed by atoms with Crippen molar-refractivity contribution in [1.82, 2.24) is 0 Å². The quantitative estimate of drug-likeness (QED) is 0.657. The average molecular weight is 274 g/mol. The normalized spacial score (nSPS) is 10.1. The molecule has 0 spiro atoms. The molecular weight excluding hydrogens is 261 g/mol. The molecule has 17 heavy (non-hydrogen) atoms. The predicted octanol–water partition coefficient (Wildman–Crippen LogP) is 3.70. The third-order valence-electron chi connectivity index (χ3n) is 2.30. The number of ether oxygens (including phenoxy) is 1. The summed E-state index contributed by atoms with van der Waals surface area (Å²) in [6, 6.07) is 5.06. The molecule has 0 atom stereocenters. The van der Waals surface area contributed by atoms with Gasteiger partial charge < -0.3 is 10.1 Å². The molecular formula is C12H13Cl2NO2. The number of carbonyl (C=O) groups is 1. The standard InChI is InChI=1S/C12H13Cl2NO2/c1-17-12(16)4-2-3-11(15)8-5-6-9(13)10(14)7-8/h5-7,15H,2-4H2,1H3. The maximum Gasteiger partial charge on any atom is 0.305 e. The Morgan fingerprint density at radius 3 is 2.59 bits per heavy atom. The maximum absolute atomic E-state index is 10.9. The van der Waals surface area contributed by atoms with E-state index in [0.29, 0.717) is 35.0 Å². The van der Waals surface area contributed by atoms with Gasteiger partial charge in [0.05, 0.1) is 17.2 Å². The number of rotatable bonds is 5. The summed E-state index contributed by atoms with van der Waals surface area (Å²) in [5, 5.41) is 8.75. The molecule has 0 heterocycles. The molecule has 0 aliphatic heterocycles. The number of halogens is 2. The van der Waals surface area contributed by atoms with Gasteiger partial charge in [0.25, 0.3) is 0 Å². The summed E-state index contributed by atoms with van der Waals surface area (Å²) in [5.74, 6) is -0.257. The summed E-state index contributed by atoms with van der Waals surface area (Å²) >= 11 is 11.6. The van der Waals surface area contributed by atoms with Crippen LogP contribution in [0.2, 0.25) is 10.0 Å². The first kappa shape index (κ1) is 14.0. The van der Waals surface area contributed by atoms with Crippen LogP contribution in [0.1, 0.15) is 24.8 Å². The van der Waals surface area contributed by atoms with Crippen LogP contribution < -0.4 is 0 Å². The molecule has 92 valence electrons. The summed E-state index contributed by atoms with van der Waals surface area (Å²) in [6.07, 6.45) is 1.42. The number of hydrogen-bond donors (Lipinski definition) is 1. The number of nitrogens with one attached hydrogen (secondary N) is 1. The fraction of sp³-hybridized carbons (Fsp3) is 0.333. The van der Waals surface area contributed by atoms with Gasteiger partial charge in [-0.05, 0) is 30.5 Å². The topological polar surface area (TPSA) is 50.2 Å². The van der Waals surface area contributed by atoms with Crippen LogP contribution in [0, 0.1) is 5.41 Å². The monoisotopic (exact) mass is 273 g/mol. The van der Waals surface area contributed by atoms with Gasteiger partial charge in [0, 0.05) is 12.1 Å². The van der Waals surface area contributed by atoms with Crippen LogP contribution in [-0.2, 0) is 9.53 Å². The highest BCUT2D eigenvalue weighted by Crippen LogP contribution is 2.23. The number of carbonyl (C=O) groups excluding carboxylic acids is 1. The zero-order valence-corrected chi connectivity index (χ0v) is 10.9. The Balaban J connectivity index is 2.52. The molecule has 1 N–H and O–H groups in total. The summed E-state index contributed by atoms with van der Waals surface area (Å²) in [4.78, 5) is 10.9. The molecule has 0 aliphatic carbocycles. The van der Waals surface area contributed by atoms with Crippen molar-refractivity contribution in [2.24, 2.45) is 0 Å². The fourth-order valence-electron chi connectivity index (χ4n) is 1.34. The molecule has 1 rings (SSSR count). The third kappa shape index (κ3) is 4.36. The van der Waals surface area contributed by atoms with Crippen LogP contribution >= 0.6 is 23.2 Å². The zero-order valence-electron chi connectivity index (χ0n) is 9.43. The highest BCUT2D eigenvalue weighted by Gasteiger charge is 2.06. The van der Waals surface area contributed by atoms with Crippen LogP contribution in [0.4, 0.5) is 0 Å². The second-order valence-corrected chi connectivity index (χ2v) is 4.35. The van der Waals surface area contributed by atoms with Crippen LogP contribution in [-0.4, -0.2) is 18.8 Å². The number of hydrogen-bond acceptors (Lipinski definition) is 3. The molecule has 0 aliphatic rings. The van der Waals surface area contributed by atoms with Gasteiger partial charge in [0.1, 0.15) is 0 Å². The van der Waals surface area contributed by atoms with Gasteiger partial charge in [-0.3, -0.25) is 4.79 Å². The van der Waals surface area contributed by atoms with Gasteiger partial charge in [0.2, 0.25) is 0 Å². The molecule has 0 fully saturated rings. The van der Waals surface area contributed by atoms with E-state index in [9.17, 15) is 4.79 Å². The molecule has 0 bridgehead atoms. The second kappa shape index (κ2) is 6.62. The maximum atomic E-state index is 10.9. The van der Waals surface area contributed by atoms with E-state index in [0.717, 1.165) is 5.56 Å². The lowest BCUT2D eigenvalue weighted by atomic mass is 10.0. The van der Waals surface area contributed by atoms with Crippen LogP contribution in [0.15, 0.2) is 18.2 Å². The minimum atomic E-state index is -0.257. The van der Waals surface area contributed by atoms with Crippen LogP contribution in [0.5, 0.6) is 0 Å². The van der Waals surface area contributed by atoms with Gasteiger partial charge in [0.15, 0.2) is 0 Å². The van der Waals surface area contributed by atoms with Crippen LogP contribution in [0.25, 0.3) is 0 Å². The van der Waals surface area contributed by atoms with Crippen molar-refractivity contribution < 1.29 is 9.53 Å². The minimum Gasteiger partial charge on any atom is -0.469 e. The molecule has 0 saturated carbocycles. The molecule has 0 unspecified atom stereocenters. The molecule has 5 heteroatoms. The number of methoxy groups -OCH3 is 1. The average Bonchev–Trinajstić information content (AvgIpc) is 2.32. The number of esters is 1. The van der Waals surface area contributed by atoms with Gasteiger partial charge >= 0.3 is 5.97 Å². The Labute approximate surface area is 110 Å². The first-order valence-electron chi connectivity index (χ1n) is 5.14. The van der Waals surface area contributed by atoms with E-state index in [2.05, 4.69) is 4.74 Å². The van der Waals surface area contributed by atoms with E-state index >= 15 is 0 Å². The van der Waals surface area contributed by atoms with E-state index < -0.39 is 0 Å². The first-order chi connectivity index (χ1) is 8.04. The van der Waals surface area contributed by atoms with Gasteiger partial charge in [-0.1, -0.05) is 29.3 Å². The van der Waals surface area contributed by atoms with Crippen molar-refractivity contribution in [2.45, 2.75) is 19.3 Å². The predicted molar refractivity (Wildman–Crippen MR) is 69.2 cm³/mol. The Morgan fingerprint density at radius 2 is 2.00 bits per heavy atom. The fourth-order valence-corrected chi connectivity index (χ4v) is 1.64. The molecule has 1 aromatic carbocycles. The SMILES string of the molecule is COC(=O)CCCC(=N)c1ccc(Cl)c(Cl)c1. The van der Waals surface area contributed by atoms with Crippen molar-refractivity contribution >= 4 is 34.9 Å². The first-order valence-corrected chi connectivity index (χ1v) is 5.90. The molecule has 0 saturated heterocycles. The van der Waals surface area contributed by atoms with E-state index in [1.807, 2.05) is 0 Å². The van der Waals surface area contributed by atoms with Crippen molar-refractivity contribution in [3.8, 4) is 0 Å². The smallest absolute Gasteiger partial charge is 0.305 e. The van der Waals surface area contributed by atoms with E-state index in [1.54, 1.807) is 18.2 Å².